The second-order valence-corrected chi connectivity index (χ2v) is 20.7. The quantitative estimate of drug-likeness (QED) is 0.0545. The smallest absolute Gasteiger partial charge is 0.338 e. The minimum absolute atomic E-state index is 0.00502. The first-order valence-corrected chi connectivity index (χ1v) is 28.0. The Morgan fingerprint density at radius 1 is 0.373 bits per heavy atom. The van der Waals surface area contributed by atoms with E-state index in [9.17, 15) is 19.8 Å². The molecule has 3 aliphatic heterocycles. The van der Waals surface area contributed by atoms with E-state index in [2.05, 4.69) is 0 Å². The molecule has 0 spiro atoms. The van der Waals surface area contributed by atoms with Crippen LogP contribution in [0, 0.1) is 0 Å². The Morgan fingerprint density at radius 3 is 1.18 bits per heavy atom. The molecule has 3 aliphatic rings. The summed E-state index contributed by atoms with van der Waals surface area (Å²) in [6, 6.07) is 64.6. The highest BCUT2D eigenvalue weighted by molar-refractivity contribution is 5.90. The van der Waals surface area contributed by atoms with Gasteiger partial charge in [-0.15, -0.1) is 0 Å². The largest absolute Gasteiger partial charge is 0.453 e. The molecular weight excluding hydrogens is 1060 g/mol. The Kier molecular flexibility index (Phi) is 21.0. The molecule has 0 amide bonds. The molecule has 3 heterocycles. The minimum atomic E-state index is -1.52. The zero-order valence-corrected chi connectivity index (χ0v) is 46.2. The Labute approximate surface area is 483 Å². The monoisotopic (exact) mass is 1130 g/mol. The topological polar surface area (TPSA) is 185 Å². The summed E-state index contributed by atoms with van der Waals surface area (Å²) in [5, 5.41) is 24.5. The van der Waals surface area contributed by atoms with E-state index < -0.39 is 104 Å². The molecule has 0 unspecified atom stereocenters. The molecule has 7 aromatic carbocycles. The number of benzene rings is 7. The summed E-state index contributed by atoms with van der Waals surface area (Å²) in [6.07, 6.45) is -18.6. The summed E-state index contributed by atoms with van der Waals surface area (Å²) in [5.74, 6) is -1.35. The van der Waals surface area contributed by atoms with Gasteiger partial charge in [0.1, 0.15) is 48.8 Å². The molecule has 16 heteroatoms. The summed E-state index contributed by atoms with van der Waals surface area (Å²) >= 11 is 0. The molecule has 83 heavy (non-hydrogen) atoms. The van der Waals surface area contributed by atoms with Gasteiger partial charge in [0.05, 0.1) is 63.0 Å². The van der Waals surface area contributed by atoms with Gasteiger partial charge in [0.15, 0.2) is 31.1 Å². The number of aliphatic hydroxyl groups is 2. The highest BCUT2D eigenvalue weighted by Gasteiger charge is 2.57. The highest BCUT2D eigenvalue weighted by Crippen LogP contribution is 2.38. The van der Waals surface area contributed by atoms with Crippen molar-refractivity contribution in [2.24, 2.45) is 0 Å². The zero-order chi connectivity index (χ0) is 57.3. The summed E-state index contributed by atoms with van der Waals surface area (Å²) in [4.78, 5) is 28.0. The third-order valence-electron chi connectivity index (χ3n) is 14.7. The second kappa shape index (κ2) is 29.5. The highest BCUT2D eigenvalue weighted by atomic mass is 16.8. The van der Waals surface area contributed by atoms with Crippen molar-refractivity contribution in [3.63, 3.8) is 0 Å². The van der Waals surface area contributed by atoms with Gasteiger partial charge in [0.25, 0.3) is 0 Å². The van der Waals surface area contributed by atoms with Crippen molar-refractivity contribution in [1.82, 2.24) is 0 Å². The Morgan fingerprint density at radius 2 is 0.723 bits per heavy atom. The van der Waals surface area contributed by atoms with E-state index in [1.54, 1.807) is 74.5 Å². The standard InChI is InChI=1S/C67H70O16/c1-44-55(80-63(69)51-34-20-8-21-35-51)54(68)58(73-39-47-26-12-4-13-27-47)66(77-44)83-60-56(81-64(70)52-36-22-9-23-37-52)45(2)78-67(62(60)76-42-50-32-18-7-19-33-50)82-57-53(43-72-38-46-24-10-3-11-25-46)79-65(71)61(75-41-49-30-16-6-17-31-49)59(57)74-40-48-28-14-5-15-29-48/h3-37,44-45,53-62,65-68,71H,38-43H2,1-2H3/t44-,45-,53-,54+,55-,56-,57-,58+,59+,60+,61-,62+,65+,66-,67+/m1/s1. The first-order chi connectivity index (χ1) is 40.6. The normalized spacial score (nSPS) is 28.0. The molecule has 15 atom stereocenters. The molecular formula is C67H70O16. The van der Waals surface area contributed by atoms with E-state index in [0.717, 1.165) is 27.8 Å². The van der Waals surface area contributed by atoms with Crippen LogP contribution in [0.15, 0.2) is 212 Å². The lowest BCUT2D eigenvalue weighted by Crippen LogP contribution is -2.67. The van der Waals surface area contributed by atoms with E-state index >= 15 is 0 Å². The van der Waals surface area contributed by atoms with Gasteiger partial charge in [-0.3, -0.25) is 0 Å². The fourth-order valence-electron chi connectivity index (χ4n) is 10.4. The van der Waals surface area contributed by atoms with Crippen LogP contribution in [0.1, 0.15) is 62.4 Å². The third kappa shape index (κ3) is 15.8. The number of esters is 2. The van der Waals surface area contributed by atoms with Crippen LogP contribution < -0.4 is 0 Å². The maximum absolute atomic E-state index is 14.3. The van der Waals surface area contributed by atoms with Gasteiger partial charge in [-0.25, -0.2) is 9.59 Å². The minimum Gasteiger partial charge on any atom is -0.453 e. The summed E-state index contributed by atoms with van der Waals surface area (Å²) < 4.78 is 80.5. The Bertz CT molecular complexity index is 3020. The lowest BCUT2D eigenvalue weighted by molar-refractivity contribution is -0.385. The van der Waals surface area contributed by atoms with Crippen molar-refractivity contribution in [2.45, 2.75) is 139 Å². The summed E-state index contributed by atoms with van der Waals surface area (Å²) in [5.41, 5.74) is 4.70. The van der Waals surface area contributed by atoms with Crippen molar-refractivity contribution in [1.29, 1.82) is 0 Å². The lowest BCUT2D eigenvalue weighted by Gasteiger charge is -2.50. The van der Waals surface area contributed by atoms with Crippen molar-refractivity contribution in [3.8, 4) is 0 Å². The van der Waals surface area contributed by atoms with Crippen molar-refractivity contribution in [3.05, 3.63) is 251 Å². The molecule has 0 radical (unpaired) electrons. The molecule has 2 N–H and O–H groups in total. The fourth-order valence-corrected chi connectivity index (χ4v) is 10.4. The van der Waals surface area contributed by atoms with Crippen LogP contribution in [0.2, 0.25) is 0 Å². The number of hydrogen-bond acceptors (Lipinski definition) is 16. The van der Waals surface area contributed by atoms with Gasteiger partial charge in [0.2, 0.25) is 0 Å². The number of ether oxygens (including phenoxy) is 12. The van der Waals surface area contributed by atoms with Gasteiger partial charge in [-0.05, 0) is 65.9 Å². The summed E-state index contributed by atoms with van der Waals surface area (Å²) in [7, 11) is 0. The second-order valence-electron chi connectivity index (χ2n) is 20.7. The molecule has 7 aromatic rings. The molecule has 0 aromatic heterocycles. The molecule has 434 valence electrons. The maximum Gasteiger partial charge on any atom is 0.338 e. The van der Waals surface area contributed by atoms with Gasteiger partial charge in [-0.2, -0.15) is 0 Å². The van der Waals surface area contributed by atoms with Crippen molar-refractivity contribution in [2.75, 3.05) is 6.61 Å². The molecule has 10 rings (SSSR count). The lowest BCUT2D eigenvalue weighted by atomic mass is 9.95. The first-order valence-electron chi connectivity index (χ1n) is 28.0. The molecule has 0 bridgehead atoms. The predicted molar refractivity (Wildman–Crippen MR) is 303 cm³/mol. The maximum atomic E-state index is 14.3. The molecule has 0 aliphatic carbocycles. The zero-order valence-electron chi connectivity index (χ0n) is 46.2. The first kappa shape index (κ1) is 59.2. The number of rotatable bonds is 24. The van der Waals surface area contributed by atoms with Gasteiger partial charge in [0, 0.05) is 0 Å². The number of carbonyl (C=O) groups excluding carboxylic acids is 2. The van der Waals surface area contributed by atoms with E-state index in [0.29, 0.717) is 0 Å². The molecule has 3 fully saturated rings. The van der Waals surface area contributed by atoms with Crippen LogP contribution >= 0.6 is 0 Å². The predicted octanol–water partition coefficient (Wildman–Crippen LogP) is 9.33. The van der Waals surface area contributed by atoms with Crippen LogP contribution in [0.4, 0.5) is 0 Å². The Balaban J connectivity index is 1.04. The molecule has 3 saturated heterocycles. The van der Waals surface area contributed by atoms with E-state index in [-0.39, 0.29) is 50.8 Å². The fraction of sp³-hybridized carbons (Fsp3) is 0.343. The van der Waals surface area contributed by atoms with Gasteiger partial charge in [-0.1, -0.05) is 188 Å². The van der Waals surface area contributed by atoms with Crippen LogP contribution in [-0.4, -0.2) is 121 Å². The summed E-state index contributed by atoms with van der Waals surface area (Å²) in [6.45, 7) is 3.68. The van der Waals surface area contributed by atoms with Crippen LogP contribution in [0.3, 0.4) is 0 Å². The van der Waals surface area contributed by atoms with E-state index in [1.807, 2.05) is 152 Å². The number of carbonyl (C=O) groups is 2. The number of aliphatic hydroxyl groups excluding tert-OH is 2. The average Bonchev–Trinajstić information content (AvgIpc) is 3.71. The third-order valence-corrected chi connectivity index (χ3v) is 14.7. The van der Waals surface area contributed by atoms with Crippen LogP contribution in [-0.2, 0) is 89.9 Å². The van der Waals surface area contributed by atoms with E-state index in [1.165, 1.54) is 0 Å². The van der Waals surface area contributed by atoms with E-state index in [4.69, 9.17) is 56.8 Å². The van der Waals surface area contributed by atoms with Crippen molar-refractivity contribution < 1.29 is 76.6 Å². The number of hydrogen-bond donors (Lipinski definition) is 2. The SMILES string of the molecule is C[C@H]1O[C@H](O[C@@H]2[C@H](OCc3ccccc3)[C@H](O[C@H]3[C@H](OCc4ccccc4)[C@@H](OCc4ccccc4)[C@@H](O)O[C@@H]3COCc3ccccc3)O[C@H](C)[C@H]2OC(=O)c2ccccc2)[C@@H](OCc2ccccc2)[C@@H](O)[C@@H]1OC(=O)c1ccccc1. The average molecular weight is 1130 g/mol. The van der Waals surface area contributed by atoms with Gasteiger partial charge >= 0.3 is 11.9 Å². The van der Waals surface area contributed by atoms with Crippen LogP contribution in [0.5, 0.6) is 0 Å². The molecule has 0 saturated carbocycles. The molecule has 16 nitrogen and oxygen atoms in total. The van der Waals surface area contributed by atoms with Gasteiger partial charge < -0.3 is 67.1 Å². The van der Waals surface area contributed by atoms with Crippen LogP contribution in [0.25, 0.3) is 0 Å². The Hall–Kier alpha value is -7.00. The van der Waals surface area contributed by atoms with Crippen molar-refractivity contribution >= 4 is 11.9 Å².